The molecule has 0 atom stereocenters. The van der Waals surface area contributed by atoms with Gasteiger partial charge in [0.05, 0.1) is 5.69 Å². The molecule has 4 aromatic rings. The summed E-state index contributed by atoms with van der Waals surface area (Å²) in [6.45, 7) is 8.78. The van der Waals surface area contributed by atoms with E-state index in [9.17, 15) is 5.11 Å². The molecule has 166 valence electrons. The molecular weight excluding hydrogens is 402 g/mol. The maximum atomic E-state index is 11.4. The Hall–Kier alpha value is -3.65. The molecule has 1 N–H and O–H groups in total. The molecule has 0 aliphatic heterocycles. The Bertz CT molecular complexity index is 1240. The molecule has 0 saturated carbocycles. The van der Waals surface area contributed by atoms with E-state index in [4.69, 9.17) is 0 Å². The molecule has 4 aromatic carbocycles. The Morgan fingerprint density at radius 3 is 1.64 bits per heavy atom. The second kappa shape index (κ2) is 9.07. The molecule has 0 radical (unpaired) electrons. The summed E-state index contributed by atoms with van der Waals surface area (Å²) in [5, 5.41) is 11.4. The molecule has 0 aromatic heterocycles. The van der Waals surface area contributed by atoms with Gasteiger partial charge in [-0.15, -0.1) is 0 Å². The second-order valence-electron chi connectivity index (χ2n) is 9.54. The predicted molar refractivity (Wildman–Crippen MR) is 139 cm³/mol. The van der Waals surface area contributed by atoms with Crippen molar-refractivity contribution in [1.82, 2.24) is 0 Å². The van der Waals surface area contributed by atoms with Gasteiger partial charge in [0.15, 0.2) is 0 Å². The first kappa shape index (κ1) is 22.5. The number of aliphatic imine (C=N–C) groups is 1. The highest BCUT2D eigenvalue weighted by molar-refractivity contribution is 5.87. The minimum Gasteiger partial charge on any atom is -0.507 e. The van der Waals surface area contributed by atoms with Gasteiger partial charge in [-0.3, -0.25) is 4.99 Å². The number of benzene rings is 4. The van der Waals surface area contributed by atoms with Crippen molar-refractivity contribution in [2.45, 2.75) is 38.5 Å². The van der Waals surface area contributed by atoms with Crippen molar-refractivity contribution in [3.05, 3.63) is 131 Å². The van der Waals surface area contributed by atoms with Crippen LogP contribution in [0, 0.1) is 0 Å². The number of aromatic hydroxyl groups is 1. The van der Waals surface area contributed by atoms with E-state index in [1.54, 1.807) is 6.21 Å². The number of nitrogens with zero attached hydrogens (tertiary/aromatic N) is 1. The summed E-state index contributed by atoms with van der Waals surface area (Å²) in [6, 6.07) is 34.9. The molecular formula is C31H31NO. The number of phenols is 1. The molecule has 0 spiro atoms. The first-order chi connectivity index (χ1) is 15.8. The minimum absolute atomic E-state index is 0.244. The topological polar surface area (TPSA) is 32.6 Å². The lowest BCUT2D eigenvalue weighted by atomic mass is 9.72. The minimum atomic E-state index is -0.385. The van der Waals surface area contributed by atoms with Gasteiger partial charge in [-0.1, -0.05) is 113 Å². The summed E-state index contributed by atoms with van der Waals surface area (Å²) in [7, 11) is 0. The molecule has 0 fully saturated rings. The Balaban J connectivity index is 1.91. The Labute approximate surface area is 197 Å². The first-order valence-corrected chi connectivity index (χ1v) is 11.4. The lowest BCUT2D eigenvalue weighted by Crippen LogP contribution is -2.24. The molecule has 0 unspecified atom stereocenters. The molecule has 0 bridgehead atoms. The van der Waals surface area contributed by atoms with Gasteiger partial charge in [-0.25, -0.2) is 0 Å². The maximum Gasteiger partial charge on any atom is 0.128 e. The quantitative estimate of drug-likeness (QED) is 0.309. The van der Waals surface area contributed by atoms with E-state index in [-0.39, 0.29) is 16.6 Å². The van der Waals surface area contributed by atoms with Crippen molar-refractivity contribution in [2.24, 2.45) is 4.99 Å². The molecule has 0 aliphatic rings. The lowest BCUT2D eigenvalue weighted by Gasteiger charge is -2.32. The summed E-state index contributed by atoms with van der Waals surface area (Å²) in [5.74, 6) is 0.274. The maximum absolute atomic E-state index is 11.4. The molecule has 4 rings (SSSR count). The average Bonchev–Trinajstić information content (AvgIpc) is 2.85. The molecule has 2 nitrogen and oxygen atoms in total. The number of para-hydroxylation sites is 1. The molecule has 33 heavy (non-hydrogen) atoms. The summed E-state index contributed by atoms with van der Waals surface area (Å²) in [4.78, 5) is 4.64. The van der Waals surface area contributed by atoms with Gasteiger partial charge < -0.3 is 5.11 Å². The number of hydrogen-bond acceptors (Lipinski definition) is 2. The van der Waals surface area contributed by atoms with Gasteiger partial charge in [0.1, 0.15) is 5.75 Å². The van der Waals surface area contributed by atoms with Gasteiger partial charge in [0.25, 0.3) is 0 Å². The summed E-state index contributed by atoms with van der Waals surface area (Å²) in [6.07, 6.45) is 1.78. The van der Waals surface area contributed by atoms with E-state index in [1.807, 2.05) is 54.6 Å². The second-order valence-corrected chi connectivity index (χ2v) is 9.54. The van der Waals surface area contributed by atoms with Crippen molar-refractivity contribution in [2.75, 3.05) is 0 Å². The van der Waals surface area contributed by atoms with E-state index < -0.39 is 0 Å². The van der Waals surface area contributed by atoms with E-state index in [0.29, 0.717) is 0 Å². The van der Waals surface area contributed by atoms with Gasteiger partial charge >= 0.3 is 0 Å². The molecule has 2 heteroatoms. The van der Waals surface area contributed by atoms with Crippen molar-refractivity contribution >= 4 is 11.9 Å². The van der Waals surface area contributed by atoms with Crippen molar-refractivity contribution in [3.8, 4) is 5.75 Å². The third kappa shape index (κ3) is 4.61. The van der Waals surface area contributed by atoms with Crippen LogP contribution >= 0.6 is 0 Å². The highest BCUT2D eigenvalue weighted by Crippen LogP contribution is 2.42. The number of hydrogen-bond donors (Lipinski definition) is 1. The SMILES string of the molecule is CC(C)(c1ccccc1)c1cc(/C=N/c2ccccc2)c(O)c(C(C)(C)c2ccccc2)c1. The summed E-state index contributed by atoms with van der Waals surface area (Å²) >= 11 is 0. The molecule has 0 aliphatic carbocycles. The van der Waals surface area contributed by atoms with Crippen LogP contribution in [0.4, 0.5) is 5.69 Å². The molecule has 0 amide bonds. The lowest BCUT2D eigenvalue weighted by molar-refractivity contribution is 0.451. The van der Waals surface area contributed by atoms with Crippen LogP contribution in [0.3, 0.4) is 0 Å². The van der Waals surface area contributed by atoms with Crippen LogP contribution < -0.4 is 0 Å². The zero-order chi connectivity index (χ0) is 23.5. The average molecular weight is 434 g/mol. The van der Waals surface area contributed by atoms with Crippen LogP contribution in [-0.4, -0.2) is 11.3 Å². The van der Waals surface area contributed by atoms with Crippen molar-refractivity contribution in [1.29, 1.82) is 0 Å². The van der Waals surface area contributed by atoms with Crippen molar-refractivity contribution in [3.63, 3.8) is 0 Å². The van der Waals surface area contributed by atoms with Crippen LogP contribution in [-0.2, 0) is 10.8 Å². The Morgan fingerprint density at radius 2 is 1.09 bits per heavy atom. The summed E-state index contributed by atoms with van der Waals surface area (Å²) < 4.78 is 0. The highest BCUT2D eigenvalue weighted by atomic mass is 16.3. The van der Waals surface area contributed by atoms with Crippen LogP contribution in [0.1, 0.15) is 55.5 Å². The van der Waals surface area contributed by atoms with Crippen LogP contribution in [0.15, 0.2) is 108 Å². The van der Waals surface area contributed by atoms with E-state index in [1.165, 1.54) is 5.56 Å². The van der Waals surface area contributed by atoms with Crippen molar-refractivity contribution < 1.29 is 5.11 Å². The van der Waals surface area contributed by atoms with Crippen LogP contribution in [0.2, 0.25) is 0 Å². The molecule has 0 heterocycles. The van der Waals surface area contributed by atoms with E-state index >= 15 is 0 Å². The summed E-state index contributed by atoms with van der Waals surface area (Å²) in [5.41, 5.74) is 5.36. The van der Waals surface area contributed by atoms with Gasteiger partial charge in [0.2, 0.25) is 0 Å². The normalized spacial score (nSPS) is 12.2. The zero-order valence-electron chi connectivity index (χ0n) is 19.8. The van der Waals surface area contributed by atoms with Gasteiger partial charge in [-0.2, -0.15) is 0 Å². The smallest absolute Gasteiger partial charge is 0.128 e. The van der Waals surface area contributed by atoms with E-state index in [0.717, 1.165) is 27.9 Å². The van der Waals surface area contributed by atoms with Gasteiger partial charge in [0, 0.05) is 28.2 Å². The highest BCUT2D eigenvalue weighted by Gasteiger charge is 2.31. The first-order valence-electron chi connectivity index (χ1n) is 11.4. The predicted octanol–water partition coefficient (Wildman–Crippen LogP) is 7.79. The number of rotatable bonds is 6. The largest absolute Gasteiger partial charge is 0.507 e. The van der Waals surface area contributed by atoms with Crippen LogP contribution in [0.5, 0.6) is 5.75 Å². The molecule has 0 saturated heterocycles. The standard InChI is InChI=1S/C31H31NO/c1-30(2,24-14-8-5-9-15-24)26-20-23(22-32-27-18-12-7-13-19-27)29(33)28(21-26)31(3,4)25-16-10-6-11-17-25/h5-22,33H,1-4H3/b32-22+. The number of phenolic OH excluding ortho intramolecular Hbond substituents is 1. The fraction of sp³-hybridized carbons (Fsp3) is 0.194. The fourth-order valence-electron chi connectivity index (χ4n) is 4.28. The van der Waals surface area contributed by atoms with E-state index in [2.05, 4.69) is 81.2 Å². The Kier molecular flexibility index (Phi) is 6.20. The van der Waals surface area contributed by atoms with Gasteiger partial charge in [-0.05, 0) is 34.9 Å². The Morgan fingerprint density at radius 1 is 0.606 bits per heavy atom. The third-order valence-corrected chi connectivity index (χ3v) is 6.63. The fourth-order valence-corrected chi connectivity index (χ4v) is 4.28. The zero-order valence-corrected chi connectivity index (χ0v) is 19.8. The third-order valence-electron chi connectivity index (χ3n) is 6.63. The van der Waals surface area contributed by atoms with Crippen LogP contribution in [0.25, 0.3) is 0 Å². The monoisotopic (exact) mass is 433 g/mol.